The molecule has 1 aliphatic heterocycles. The second kappa shape index (κ2) is 8.16. The van der Waals surface area contributed by atoms with Crippen LogP contribution in [0.15, 0.2) is 12.1 Å². The summed E-state index contributed by atoms with van der Waals surface area (Å²) in [4.78, 5) is 15.2. The number of carbonyl (C=O) groups excluding carboxylic acids is 1. The van der Waals surface area contributed by atoms with E-state index in [1.54, 1.807) is 33.5 Å². The zero-order valence-corrected chi connectivity index (χ0v) is 16.2. The maximum Gasteiger partial charge on any atom is 0.251 e. The molecule has 1 heterocycles. The Hall–Kier alpha value is -1.95. The van der Waals surface area contributed by atoms with Gasteiger partial charge < -0.3 is 24.4 Å². The normalized spacial score (nSPS) is 25.9. The Morgan fingerprint density at radius 1 is 1.04 bits per heavy atom. The molecule has 1 aliphatic carbocycles. The van der Waals surface area contributed by atoms with Crippen LogP contribution >= 0.6 is 0 Å². The van der Waals surface area contributed by atoms with Crippen LogP contribution in [0.25, 0.3) is 0 Å². The number of piperidine rings is 1. The predicted octanol–water partition coefficient (Wildman–Crippen LogP) is 2.56. The molecule has 1 saturated carbocycles. The molecule has 2 aliphatic rings. The molecule has 0 radical (unpaired) electrons. The highest BCUT2D eigenvalue weighted by Gasteiger charge is 2.34. The zero-order valence-electron chi connectivity index (χ0n) is 16.2. The molecule has 1 aromatic carbocycles. The number of nitrogens with zero attached hydrogens (tertiary/aromatic N) is 1. The number of rotatable bonds is 5. The summed E-state index contributed by atoms with van der Waals surface area (Å²) in [6, 6.07) is 3.65. The zero-order chi connectivity index (χ0) is 18.7. The van der Waals surface area contributed by atoms with Crippen molar-refractivity contribution in [3.05, 3.63) is 17.7 Å². The van der Waals surface area contributed by atoms with E-state index in [1.165, 1.54) is 19.4 Å². The summed E-state index contributed by atoms with van der Waals surface area (Å²) in [7, 11) is 6.87. The minimum atomic E-state index is -0.0827. The molecule has 0 spiro atoms. The smallest absolute Gasteiger partial charge is 0.251 e. The molecule has 6 heteroatoms. The average molecular weight is 362 g/mol. The molecule has 2 fully saturated rings. The first-order chi connectivity index (χ1) is 12.5. The highest BCUT2D eigenvalue weighted by molar-refractivity contribution is 5.95. The number of carbonyl (C=O) groups is 1. The van der Waals surface area contributed by atoms with Gasteiger partial charge in [0, 0.05) is 18.2 Å². The Morgan fingerprint density at radius 3 is 2.35 bits per heavy atom. The molecular weight excluding hydrogens is 332 g/mol. The van der Waals surface area contributed by atoms with Crippen molar-refractivity contribution in [3.8, 4) is 17.2 Å². The molecule has 144 valence electrons. The number of methoxy groups -OCH3 is 3. The Labute approximate surface area is 155 Å². The first kappa shape index (κ1) is 18.8. The minimum Gasteiger partial charge on any atom is -0.493 e. The monoisotopic (exact) mass is 362 g/mol. The third-order valence-electron chi connectivity index (χ3n) is 5.83. The molecule has 1 aromatic rings. The van der Waals surface area contributed by atoms with Gasteiger partial charge in [-0.3, -0.25) is 4.79 Å². The molecule has 26 heavy (non-hydrogen) atoms. The number of nitrogens with one attached hydrogen (secondary N) is 1. The fourth-order valence-corrected chi connectivity index (χ4v) is 4.41. The van der Waals surface area contributed by atoms with Crippen LogP contribution in [-0.4, -0.2) is 58.3 Å². The van der Waals surface area contributed by atoms with E-state index in [9.17, 15) is 4.79 Å². The van der Waals surface area contributed by atoms with Gasteiger partial charge in [-0.2, -0.15) is 0 Å². The molecule has 0 bridgehead atoms. The maximum atomic E-state index is 12.8. The summed E-state index contributed by atoms with van der Waals surface area (Å²) in [6.45, 7) is 2.35. The molecule has 1 N–H and O–H groups in total. The molecule has 3 rings (SSSR count). The number of amides is 1. The van der Waals surface area contributed by atoms with Crippen LogP contribution in [0.2, 0.25) is 0 Å². The van der Waals surface area contributed by atoms with Crippen LogP contribution in [0.5, 0.6) is 17.2 Å². The van der Waals surface area contributed by atoms with Crippen molar-refractivity contribution < 1.29 is 19.0 Å². The van der Waals surface area contributed by atoms with E-state index in [4.69, 9.17) is 14.2 Å². The highest BCUT2D eigenvalue weighted by Crippen LogP contribution is 2.39. The molecule has 6 nitrogen and oxygen atoms in total. The molecule has 3 atom stereocenters. The average Bonchev–Trinajstić information content (AvgIpc) is 2.66. The number of hydrogen-bond acceptors (Lipinski definition) is 5. The molecule has 3 unspecified atom stereocenters. The Balaban J connectivity index is 1.68. The van der Waals surface area contributed by atoms with E-state index < -0.39 is 0 Å². The van der Waals surface area contributed by atoms with E-state index in [-0.39, 0.29) is 11.9 Å². The third kappa shape index (κ3) is 3.90. The van der Waals surface area contributed by atoms with Crippen molar-refractivity contribution in [2.75, 3.05) is 41.5 Å². The van der Waals surface area contributed by atoms with Crippen LogP contribution in [-0.2, 0) is 0 Å². The lowest BCUT2D eigenvalue weighted by atomic mass is 9.73. The Morgan fingerprint density at radius 2 is 1.73 bits per heavy atom. The van der Waals surface area contributed by atoms with E-state index >= 15 is 0 Å². The van der Waals surface area contributed by atoms with Crippen LogP contribution in [0.3, 0.4) is 0 Å². The summed E-state index contributed by atoms with van der Waals surface area (Å²) in [5.41, 5.74) is 0.532. The number of likely N-dealkylation sites (tertiary alicyclic amines) is 1. The van der Waals surface area contributed by atoms with Gasteiger partial charge in [0.05, 0.1) is 21.3 Å². The number of fused-ring (bicyclic) bond motifs is 1. The first-order valence-corrected chi connectivity index (χ1v) is 9.35. The summed E-state index contributed by atoms with van der Waals surface area (Å²) < 4.78 is 16.0. The van der Waals surface area contributed by atoms with Crippen molar-refractivity contribution in [2.24, 2.45) is 11.8 Å². The number of ether oxygens (including phenoxy) is 3. The summed E-state index contributed by atoms with van der Waals surface area (Å²) in [6.07, 6.45) is 4.55. The molecule has 1 saturated heterocycles. The SMILES string of the molecule is COc1cc(C(=O)NC2CCC3CN(C)CCC3C2)cc(OC)c1OC. The second-order valence-electron chi connectivity index (χ2n) is 7.47. The summed E-state index contributed by atoms with van der Waals surface area (Å²) in [5, 5.41) is 3.22. The predicted molar refractivity (Wildman–Crippen MR) is 100 cm³/mol. The van der Waals surface area contributed by atoms with Gasteiger partial charge in [0.25, 0.3) is 5.91 Å². The lowest BCUT2D eigenvalue weighted by Gasteiger charge is -2.42. The second-order valence-corrected chi connectivity index (χ2v) is 7.47. The van der Waals surface area contributed by atoms with Gasteiger partial charge in [0.2, 0.25) is 5.75 Å². The first-order valence-electron chi connectivity index (χ1n) is 9.35. The lowest BCUT2D eigenvalue weighted by Crippen LogP contribution is -2.46. The molecule has 1 amide bonds. The van der Waals surface area contributed by atoms with Gasteiger partial charge in [0.1, 0.15) is 0 Å². The van der Waals surface area contributed by atoms with Gasteiger partial charge in [0.15, 0.2) is 11.5 Å². The minimum absolute atomic E-state index is 0.0827. The quantitative estimate of drug-likeness (QED) is 0.872. The van der Waals surface area contributed by atoms with Gasteiger partial charge in [-0.15, -0.1) is 0 Å². The van der Waals surface area contributed by atoms with Gasteiger partial charge in [-0.1, -0.05) is 0 Å². The van der Waals surface area contributed by atoms with E-state index in [0.29, 0.717) is 22.8 Å². The highest BCUT2D eigenvalue weighted by atomic mass is 16.5. The Kier molecular flexibility index (Phi) is 5.91. The van der Waals surface area contributed by atoms with E-state index in [2.05, 4.69) is 17.3 Å². The molecular formula is C20H30N2O4. The van der Waals surface area contributed by atoms with Crippen molar-refractivity contribution in [1.29, 1.82) is 0 Å². The lowest BCUT2D eigenvalue weighted by molar-refractivity contribution is 0.0771. The van der Waals surface area contributed by atoms with Gasteiger partial charge in [-0.05, 0) is 63.2 Å². The van der Waals surface area contributed by atoms with Crippen LogP contribution in [0, 0.1) is 11.8 Å². The van der Waals surface area contributed by atoms with Crippen molar-refractivity contribution in [1.82, 2.24) is 10.2 Å². The van der Waals surface area contributed by atoms with Crippen LogP contribution in [0.4, 0.5) is 0 Å². The van der Waals surface area contributed by atoms with Crippen LogP contribution < -0.4 is 19.5 Å². The van der Waals surface area contributed by atoms with E-state index in [0.717, 1.165) is 31.2 Å². The van der Waals surface area contributed by atoms with Gasteiger partial charge in [-0.25, -0.2) is 0 Å². The number of benzene rings is 1. The fourth-order valence-electron chi connectivity index (χ4n) is 4.41. The molecule has 0 aromatic heterocycles. The summed E-state index contributed by atoms with van der Waals surface area (Å²) >= 11 is 0. The Bertz CT molecular complexity index is 624. The maximum absolute atomic E-state index is 12.8. The van der Waals surface area contributed by atoms with Crippen molar-refractivity contribution >= 4 is 5.91 Å². The van der Waals surface area contributed by atoms with Crippen molar-refractivity contribution in [2.45, 2.75) is 31.7 Å². The largest absolute Gasteiger partial charge is 0.493 e. The third-order valence-corrected chi connectivity index (χ3v) is 5.83. The summed E-state index contributed by atoms with van der Waals surface area (Å²) in [5.74, 6) is 2.92. The van der Waals surface area contributed by atoms with Crippen LogP contribution in [0.1, 0.15) is 36.0 Å². The number of hydrogen-bond donors (Lipinski definition) is 1. The van der Waals surface area contributed by atoms with Gasteiger partial charge >= 0.3 is 0 Å². The van der Waals surface area contributed by atoms with E-state index in [1.807, 2.05) is 0 Å². The van der Waals surface area contributed by atoms with Crippen molar-refractivity contribution in [3.63, 3.8) is 0 Å². The topological polar surface area (TPSA) is 60.0 Å². The fraction of sp³-hybridized carbons (Fsp3) is 0.650. The standard InChI is InChI=1S/C20H30N2O4/c1-22-8-7-13-9-16(6-5-14(13)12-22)21-20(23)15-10-17(24-2)19(26-4)18(11-15)25-3/h10-11,13-14,16H,5-9,12H2,1-4H3,(H,21,23).